The van der Waals surface area contributed by atoms with E-state index in [0.29, 0.717) is 29.7 Å². The summed E-state index contributed by atoms with van der Waals surface area (Å²) >= 11 is 0. The van der Waals surface area contributed by atoms with Gasteiger partial charge in [-0.25, -0.2) is 4.98 Å². The van der Waals surface area contributed by atoms with E-state index in [1.54, 1.807) is 25.3 Å². The molecule has 104 valence electrons. The van der Waals surface area contributed by atoms with Crippen molar-refractivity contribution in [3.8, 4) is 11.5 Å². The molecular formula is C15H16N2O3. The van der Waals surface area contributed by atoms with Crippen LogP contribution in [0.2, 0.25) is 0 Å². The minimum Gasteiger partial charge on any atom is -0.493 e. The highest BCUT2D eigenvalue weighted by Crippen LogP contribution is 2.36. The van der Waals surface area contributed by atoms with Crippen molar-refractivity contribution >= 4 is 6.29 Å². The van der Waals surface area contributed by atoms with Crippen molar-refractivity contribution in [2.75, 3.05) is 7.11 Å². The van der Waals surface area contributed by atoms with E-state index in [1.165, 1.54) is 12.8 Å². The third-order valence-electron chi connectivity index (χ3n) is 3.39. The lowest BCUT2D eigenvalue weighted by Gasteiger charge is -2.12. The lowest BCUT2D eigenvalue weighted by atomic mass is 10.2. The van der Waals surface area contributed by atoms with E-state index in [1.807, 2.05) is 12.5 Å². The third-order valence-corrected chi connectivity index (χ3v) is 3.39. The van der Waals surface area contributed by atoms with Crippen LogP contribution in [0.15, 0.2) is 30.7 Å². The molecule has 0 radical (unpaired) electrons. The first-order valence-corrected chi connectivity index (χ1v) is 6.58. The molecule has 3 rings (SSSR count). The van der Waals surface area contributed by atoms with Gasteiger partial charge in [0.25, 0.3) is 0 Å². The highest BCUT2D eigenvalue weighted by atomic mass is 16.5. The quantitative estimate of drug-likeness (QED) is 0.758. The fourth-order valence-electron chi connectivity index (χ4n) is 2.16. The maximum absolute atomic E-state index is 10.8. The van der Waals surface area contributed by atoms with Gasteiger partial charge in [-0.15, -0.1) is 0 Å². The zero-order valence-corrected chi connectivity index (χ0v) is 11.3. The maximum Gasteiger partial charge on any atom is 0.162 e. The van der Waals surface area contributed by atoms with Crippen LogP contribution in [-0.4, -0.2) is 22.9 Å². The summed E-state index contributed by atoms with van der Waals surface area (Å²) < 4.78 is 13.2. The Hall–Kier alpha value is -2.30. The monoisotopic (exact) mass is 272 g/mol. The second-order valence-electron chi connectivity index (χ2n) is 4.84. The number of nitrogens with zero attached hydrogens (tertiary/aromatic N) is 2. The van der Waals surface area contributed by atoms with Crippen molar-refractivity contribution in [2.45, 2.75) is 25.5 Å². The van der Waals surface area contributed by atoms with Crippen molar-refractivity contribution in [1.82, 2.24) is 9.55 Å². The summed E-state index contributed by atoms with van der Waals surface area (Å²) in [5.41, 5.74) is 1.60. The number of rotatable bonds is 6. The molecule has 1 saturated carbocycles. The topological polar surface area (TPSA) is 53.4 Å². The Kier molecular flexibility index (Phi) is 3.41. The molecule has 0 saturated heterocycles. The van der Waals surface area contributed by atoms with Gasteiger partial charge in [-0.1, -0.05) is 0 Å². The molecular weight excluding hydrogens is 256 g/mol. The zero-order valence-electron chi connectivity index (χ0n) is 11.3. The fourth-order valence-corrected chi connectivity index (χ4v) is 2.16. The fraction of sp³-hybridized carbons (Fsp3) is 0.333. The van der Waals surface area contributed by atoms with Crippen LogP contribution in [0, 0.1) is 0 Å². The van der Waals surface area contributed by atoms with E-state index in [4.69, 9.17) is 9.47 Å². The van der Waals surface area contributed by atoms with Gasteiger partial charge < -0.3 is 14.0 Å². The number of hydrogen-bond acceptors (Lipinski definition) is 4. The molecule has 20 heavy (non-hydrogen) atoms. The molecule has 1 heterocycles. The predicted octanol–water partition coefficient (Wildman–Crippen LogP) is 2.62. The van der Waals surface area contributed by atoms with Crippen molar-refractivity contribution in [1.29, 1.82) is 0 Å². The van der Waals surface area contributed by atoms with Crippen LogP contribution < -0.4 is 9.47 Å². The van der Waals surface area contributed by atoms with Crippen LogP contribution in [-0.2, 0) is 6.61 Å². The second kappa shape index (κ2) is 5.36. The summed E-state index contributed by atoms with van der Waals surface area (Å²) in [6, 6.07) is 5.69. The van der Waals surface area contributed by atoms with Gasteiger partial charge in [-0.2, -0.15) is 0 Å². The molecule has 1 aliphatic rings. The average Bonchev–Trinajstić information content (AvgIpc) is 3.23. The van der Waals surface area contributed by atoms with E-state index < -0.39 is 0 Å². The van der Waals surface area contributed by atoms with Crippen LogP contribution >= 0.6 is 0 Å². The molecule has 0 unspecified atom stereocenters. The molecule has 5 heteroatoms. The van der Waals surface area contributed by atoms with E-state index in [-0.39, 0.29) is 0 Å². The molecule has 1 aromatic carbocycles. The number of benzene rings is 1. The van der Waals surface area contributed by atoms with Gasteiger partial charge >= 0.3 is 0 Å². The minimum absolute atomic E-state index is 0.412. The molecule has 0 amide bonds. The van der Waals surface area contributed by atoms with Crippen molar-refractivity contribution in [3.63, 3.8) is 0 Å². The summed E-state index contributed by atoms with van der Waals surface area (Å²) in [5, 5.41) is 0. The van der Waals surface area contributed by atoms with Gasteiger partial charge in [-0.05, 0) is 31.0 Å². The molecule has 0 spiro atoms. The van der Waals surface area contributed by atoms with Gasteiger partial charge in [0.05, 0.1) is 25.3 Å². The molecule has 2 aromatic rings. The Morgan fingerprint density at radius 3 is 2.95 bits per heavy atom. The molecule has 0 bridgehead atoms. The van der Waals surface area contributed by atoms with Crippen molar-refractivity contribution in [3.05, 3.63) is 42.0 Å². The lowest BCUT2D eigenvalue weighted by Crippen LogP contribution is -2.04. The number of aromatic nitrogens is 2. The Labute approximate surface area is 117 Å². The van der Waals surface area contributed by atoms with Gasteiger partial charge in [0, 0.05) is 11.6 Å². The van der Waals surface area contributed by atoms with Crippen LogP contribution in [0.3, 0.4) is 0 Å². The molecule has 0 atom stereocenters. The zero-order chi connectivity index (χ0) is 13.9. The smallest absolute Gasteiger partial charge is 0.162 e. The number of hydrogen-bond donors (Lipinski definition) is 0. The number of methoxy groups -OCH3 is 1. The number of carbonyl (C=O) groups is 1. The molecule has 0 N–H and O–H groups in total. The Morgan fingerprint density at radius 2 is 2.25 bits per heavy atom. The lowest BCUT2D eigenvalue weighted by molar-refractivity contribution is 0.112. The second-order valence-corrected chi connectivity index (χ2v) is 4.84. The highest BCUT2D eigenvalue weighted by molar-refractivity contribution is 5.76. The van der Waals surface area contributed by atoms with Gasteiger partial charge in [0.15, 0.2) is 11.5 Å². The molecule has 1 fully saturated rings. The van der Waals surface area contributed by atoms with Gasteiger partial charge in [0.1, 0.15) is 12.9 Å². The largest absolute Gasteiger partial charge is 0.493 e. The number of ether oxygens (including phenoxy) is 2. The SMILES string of the molecule is COc1ccc(C=O)cc1OCc1cncn1C1CC1. The van der Waals surface area contributed by atoms with E-state index >= 15 is 0 Å². The molecule has 0 aliphatic heterocycles. The molecule has 5 nitrogen and oxygen atoms in total. The summed E-state index contributed by atoms with van der Waals surface area (Å²) in [7, 11) is 1.58. The molecule has 1 aromatic heterocycles. The summed E-state index contributed by atoms with van der Waals surface area (Å²) in [5.74, 6) is 1.19. The third kappa shape index (κ3) is 2.52. The minimum atomic E-state index is 0.412. The number of aldehydes is 1. The number of imidazole rings is 1. The van der Waals surface area contributed by atoms with Crippen LogP contribution in [0.5, 0.6) is 11.5 Å². The summed E-state index contributed by atoms with van der Waals surface area (Å²) in [6.07, 6.45) is 6.85. The Balaban J connectivity index is 1.76. The first-order valence-electron chi connectivity index (χ1n) is 6.58. The van der Waals surface area contributed by atoms with Gasteiger partial charge in [0.2, 0.25) is 0 Å². The van der Waals surface area contributed by atoms with Crippen molar-refractivity contribution < 1.29 is 14.3 Å². The molecule has 1 aliphatic carbocycles. The Bertz CT molecular complexity index is 617. The summed E-state index contributed by atoms with van der Waals surface area (Å²) in [4.78, 5) is 15.0. The standard InChI is InChI=1S/C15H16N2O3/c1-19-14-5-2-11(8-18)6-15(14)20-9-13-7-16-10-17(13)12-3-4-12/h2,5-8,10,12H,3-4,9H2,1H3. The van der Waals surface area contributed by atoms with E-state index in [0.717, 1.165) is 12.0 Å². The highest BCUT2D eigenvalue weighted by Gasteiger charge is 2.25. The van der Waals surface area contributed by atoms with Crippen molar-refractivity contribution in [2.24, 2.45) is 0 Å². The van der Waals surface area contributed by atoms with Gasteiger partial charge in [-0.3, -0.25) is 4.79 Å². The first-order chi connectivity index (χ1) is 9.81. The number of carbonyl (C=O) groups excluding carboxylic acids is 1. The van der Waals surface area contributed by atoms with E-state index in [9.17, 15) is 4.79 Å². The maximum atomic E-state index is 10.8. The van der Waals surface area contributed by atoms with E-state index in [2.05, 4.69) is 9.55 Å². The van der Waals surface area contributed by atoms with Crippen LogP contribution in [0.25, 0.3) is 0 Å². The predicted molar refractivity (Wildman–Crippen MR) is 73.2 cm³/mol. The van der Waals surface area contributed by atoms with Crippen LogP contribution in [0.4, 0.5) is 0 Å². The summed E-state index contributed by atoms with van der Waals surface area (Å²) in [6.45, 7) is 0.412. The first kappa shape index (κ1) is 12.7. The average molecular weight is 272 g/mol. The normalized spacial score (nSPS) is 14.1. The Morgan fingerprint density at radius 1 is 1.40 bits per heavy atom. The van der Waals surface area contributed by atoms with Crippen LogP contribution in [0.1, 0.15) is 34.9 Å².